The number of hydrogen-bond donors (Lipinski definition) is 1. The van der Waals surface area contributed by atoms with Gasteiger partial charge in [0.15, 0.2) is 5.13 Å². The molecule has 0 saturated carbocycles. The smallest absolute Gasteiger partial charge is 0.375 e. The fourth-order valence-electron chi connectivity index (χ4n) is 2.01. The quantitative estimate of drug-likeness (QED) is 0.860. The highest BCUT2D eigenvalue weighted by Crippen LogP contribution is 2.33. The van der Waals surface area contributed by atoms with Gasteiger partial charge in [0.05, 0.1) is 11.3 Å². The fraction of sp³-hybridized carbons (Fsp3) is 0.357. The SMILES string of the molecule is CCCc1nc(N)sc1Cc1ccc(C(F)(F)F)cc1Cl. The average molecular weight is 335 g/mol. The van der Waals surface area contributed by atoms with Crippen LogP contribution in [0.4, 0.5) is 18.3 Å². The van der Waals surface area contributed by atoms with Crippen LogP contribution in [0, 0.1) is 0 Å². The number of hydrogen-bond acceptors (Lipinski definition) is 3. The molecule has 0 atom stereocenters. The third-order valence-corrected chi connectivity index (χ3v) is 4.29. The van der Waals surface area contributed by atoms with E-state index < -0.39 is 11.7 Å². The summed E-state index contributed by atoms with van der Waals surface area (Å²) in [6.45, 7) is 2.03. The van der Waals surface area contributed by atoms with E-state index in [4.69, 9.17) is 17.3 Å². The van der Waals surface area contributed by atoms with Gasteiger partial charge in [-0.1, -0.05) is 31.0 Å². The lowest BCUT2D eigenvalue weighted by atomic mass is 10.1. The molecule has 0 bridgehead atoms. The van der Waals surface area contributed by atoms with Crippen LogP contribution in [0.3, 0.4) is 0 Å². The summed E-state index contributed by atoms with van der Waals surface area (Å²) in [5.74, 6) is 0. The summed E-state index contributed by atoms with van der Waals surface area (Å²) in [5.41, 5.74) is 6.51. The average Bonchev–Trinajstić information content (AvgIpc) is 2.71. The maximum Gasteiger partial charge on any atom is 0.416 e. The van der Waals surface area contributed by atoms with E-state index in [0.29, 0.717) is 17.1 Å². The molecule has 0 fully saturated rings. The lowest BCUT2D eigenvalue weighted by molar-refractivity contribution is -0.137. The molecule has 2 nitrogen and oxygen atoms in total. The molecule has 1 heterocycles. The van der Waals surface area contributed by atoms with Gasteiger partial charge in [0.2, 0.25) is 0 Å². The largest absolute Gasteiger partial charge is 0.416 e. The van der Waals surface area contributed by atoms with Crippen molar-refractivity contribution in [3.8, 4) is 0 Å². The second kappa shape index (κ2) is 6.23. The molecule has 114 valence electrons. The number of nitrogens with zero attached hydrogens (tertiary/aromatic N) is 1. The first-order valence-electron chi connectivity index (χ1n) is 6.41. The van der Waals surface area contributed by atoms with Crippen LogP contribution < -0.4 is 5.73 Å². The van der Waals surface area contributed by atoms with Crippen LogP contribution in [-0.4, -0.2) is 4.98 Å². The molecule has 0 radical (unpaired) electrons. The molecule has 0 aliphatic rings. The van der Waals surface area contributed by atoms with Gasteiger partial charge in [0.25, 0.3) is 0 Å². The first kappa shape index (κ1) is 16.1. The molecule has 2 aromatic rings. The van der Waals surface area contributed by atoms with Crippen LogP contribution in [0.2, 0.25) is 5.02 Å². The Labute approximate surface area is 129 Å². The number of nitrogens with two attached hydrogens (primary N) is 1. The van der Waals surface area contributed by atoms with Crippen molar-refractivity contribution in [2.45, 2.75) is 32.4 Å². The third-order valence-electron chi connectivity index (χ3n) is 3.01. The molecule has 0 amide bonds. The van der Waals surface area contributed by atoms with Gasteiger partial charge >= 0.3 is 6.18 Å². The number of halogens is 4. The maximum absolute atomic E-state index is 12.6. The Morgan fingerprint density at radius 3 is 2.62 bits per heavy atom. The van der Waals surface area contributed by atoms with Crippen molar-refractivity contribution in [1.82, 2.24) is 4.98 Å². The third kappa shape index (κ3) is 3.89. The van der Waals surface area contributed by atoms with Crippen molar-refractivity contribution in [3.63, 3.8) is 0 Å². The zero-order valence-electron chi connectivity index (χ0n) is 11.3. The molecular weight excluding hydrogens is 321 g/mol. The monoisotopic (exact) mass is 334 g/mol. The molecule has 0 aliphatic carbocycles. The lowest BCUT2D eigenvalue weighted by Gasteiger charge is -2.10. The number of aryl methyl sites for hydroxylation is 1. The summed E-state index contributed by atoms with van der Waals surface area (Å²) in [6.07, 6.45) is -2.22. The molecule has 21 heavy (non-hydrogen) atoms. The highest BCUT2D eigenvalue weighted by molar-refractivity contribution is 7.15. The van der Waals surface area contributed by atoms with Crippen molar-refractivity contribution in [3.05, 3.63) is 44.9 Å². The number of thiazole rings is 1. The van der Waals surface area contributed by atoms with E-state index >= 15 is 0 Å². The zero-order valence-corrected chi connectivity index (χ0v) is 12.9. The van der Waals surface area contributed by atoms with Crippen LogP contribution in [0.25, 0.3) is 0 Å². The number of alkyl halides is 3. The van der Waals surface area contributed by atoms with Gasteiger partial charge in [-0.05, 0) is 24.1 Å². The van der Waals surface area contributed by atoms with Crippen molar-refractivity contribution in [2.75, 3.05) is 5.73 Å². The maximum atomic E-state index is 12.6. The summed E-state index contributed by atoms with van der Waals surface area (Å²) >= 11 is 7.33. The van der Waals surface area contributed by atoms with Crippen LogP contribution in [-0.2, 0) is 19.0 Å². The zero-order chi connectivity index (χ0) is 15.6. The van der Waals surface area contributed by atoms with Crippen molar-refractivity contribution < 1.29 is 13.2 Å². The Hall–Kier alpha value is -1.27. The first-order valence-corrected chi connectivity index (χ1v) is 7.60. The summed E-state index contributed by atoms with van der Waals surface area (Å²) in [4.78, 5) is 5.21. The number of rotatable bonds is 4. The van der Waals surface area contributed by atoms with Gasteiger partial charge in [-0.25, -0.2) is 4.98 Å². The van der Waals surface area contributed by atoms with Gasteiger partial charge in [0.1, 0.15) is 0 Å². The molecule has 7 heteroatoms. The van der Waals surface area contributed by atoms with Crippen LogP contribution in [0.1, 0.15) is 35.0 Å². The van der Waals surface area contributed by atoms with Gasteiger partial charge in [0, 0.05) is 16.3 Å². The second-order valence-corrected chi connectivity index (χ2v) is 6.18. The number of nitrogen functional groups attached to an aromatic ring is 1. The van der Waals surface area contributed by atoms with Gasteiger partial charge in [-0.3, -0.25) is 0 Å². The summed E-state index contributed by atoms with van der Waals surface area (Å²) < 4.78 is 37.8. The normalized spacial score (nSPS) is 11.9. The lowest BCUT2D eigenvalue weighted by Crippen LogP contribution is -2.05. The Kier molecular flexibility index (Phi) is 4.78. The predicted molar refractivity (Wildman–Crippen MR) is 79.8 cm³/mol. The molecule has 1 aromatic heterocycles. The van der Waals surface area contributed by atoms with Crippen LogP contribution in [0.15, 0.2) is 18.2 Å². The highest BCUT2D eigenvalue weighted by atomic mass is 35.5. The van der Waals surface area contributed by atoms with E-state index in [1.807, 2.05) is 6.92 Å². The minimum absolute atomic E-state index is 0.110. The predicted octanol–water partition coefficient (Wildman–Crippen LogP) is 4.94. The molecule has 1 aromatic carbocycles. The minimum atomic E-state index is -4.38. The fourth-order valence-corrected chi connectivity index (χ4v) is 3.16. The summed E-state index contributed by atoms with van der Waals surface area (Å²) in [6, 6.07) is 3.42. The second-order valence-electron chi connectivity index (χ2n) is 4.65. The van der Waals surface area contributed by atoms with E-state index in [-0.39, 0.29) is 5.02 Å². The number of anilines is 1. The van der Waals surface area contributed by atoms with Gasteiger partial charge < -0.3 is 5.73 Å². The molecule has 0 spiro atoms. The minimum Gasteiger partial charge on any atom is -0.375 e. The Balaban J connectivity index is 2.28. The number of aromatic nitrogens is 1. The molecule has 0 aliphatic heterocycles. The van der Waals surface area contributed by atoms with E-state index in [1.54, 1.807) is 0 Å². The molecular formula is C14H14ClF3N2S. The van der Waals surface area contributed by atoms with E-state index in [0.717, 1.165) is 35.5 Å². The molecule has 0 unspecified atom stereocenters. The topological polar surface area (TPSA) is 38.9 Å². The van der Waals surface area contributed by atoms with Crippen LogP contribution >= 0.6 is 22.9 Å². The molecule has 2 rings (SSSR count). The highest BCUT2D eigenvalue weighted by Gasteiger charge is 2.30. The summed E-state index contributed by atoms with van der Waals surface area (Å²) in [7, 11) is 0. The number of benzene rings is 1. The Bertz CT molecular complexity index is 638. The first-order chi connectivity index (χ1) is 9.81. The van der Waals surface area contributed by atoms with Crippen molar-refractivity contribution in [2.24, 2.45) is 0 Å². The van der Waals surface area contributed by atoms with Gasteiger partial charge in [-0.15, -0.1) is 11.3 Å². The van der Waals surface area contributed by atoms with Crippen molar-refractivity contribution >= 4 is 28.1 Å². The molecule has 0 saturated heterocycles. The Morgan fingerprint density at radius 2 is 2.05 bits per heavy atom. The summed E-state index contributed by atoms with van der Waals surface area (Å²) in [5, 5.41) is 0.579. The van der Waals surface area contributed by atoms with Crippen molar-refractivity contribution in [1.29, 1.82) is 0 Å². The standard InChI is InChI=1S/C14H14ClF3N2S/c1-2-3-11-12(21-13(19)20-11)6-8-4-5-9(7-10(8)15)14(16,17)18/h4-5,7H,2-3,6H2,1H3,(H2,19,20). The van der Waals surface area contributed by atoms with Gasteiger partial charge in [-0.2, -0.15) is 13.2 Å². The van der Waals surface area contributed by atoms with E-state index in [1.165, 1.54) is 17.4 Å². The Morgan fingerprint density at radius 1 is 1.33 bits per heavy atom. The van der Waals surface area contributed by atoms with E-state index in [9.17, 15) is 13.2 Å². The van der Waals surface area contributed by atoms with Crippen LogP contribution in [0.5, 0.6) is 0 Å². The molecule has 2 N–H and O–H groups in total. The van der Waals surface area contributed by atoms with E-state index in [2.05, 4.69) is 4.98 Å².